The van der Waals surface area contributed by atoms with Crippen LogP contribution in [0.3, 0.4) is 0 Å². The third kappa shape index (κ3) is 3.08. The summed E-state index contributed by atoms with van der Waals surface area (Å²) in [5, 5.41) is 7.28. The minimum atomic E-state index is -0.629. The van der Waals surface area contributed by atoms with E-state index in [1.165, 1.54) is 0 Å². The number of ether oxygens (including phenoxy) is 1. The SMILES string of the molecule is O=C1OC2(CCC(C(=O)Nc3cnn(-c4ccccc4)c3)CC2)c2cnccc21. The van der Waals surface area contributed by atoms with Crippen molar-refractivity contribution in [2.45, 2.75) is 31.3 Å². The molecule has 0 bridgehead atoms. The minimum absolute atomic E-state index is 0.0248. The first-order valence-electron chi connectivity index (χ1n) is 9.73. The lowest BCUT2D eigenvalue weighted by molar-refractivity contribution is -0.122. The minimum Gasteiger partial charge on any atom is -0.450 e. The molecule has 5 rings (SSSR count). The van der Waals surface area contributed by atoms with Gasteiger partial charge in [-0.3, -0.25) is 9.78 Å². The van der Waals surface area contributed by atoms with Crippen LogP contribution in [-0.2, 0) is 15.1 Å². The molecule has 3 heterocycles. The van der Waals surface area contributed by atoms with Crippen molar-refractivity contribution in [3.8, 4) is 5.69 Å². The van der Waals surface area contributed by atoms with Gasteiger partial charge < -0.3 is 10.1 Å². The standard InChI is InChI=1S/C22H20N4O3/c27-20(25-16-12-24-26(14-16)17-4-2-1-3-5-17)15-6-9-22(10-7-15)19-13-23-11-8-18(19)21(28)29-22/h1-5,8,11-15H,6-7,9-10H2,(H,25,27). The lowest BCUT2D eigenvalue weighted by Crippen LogP contribution is -2.36. The predicted octanol–water partition coefficient (Wildman–Crippen LogP) is 3.46. The molecule has 0 atom stereocenters. The number of carbonyl (C=O) groups excluding carboxylic acids is 2. The highest BCUT2D eigenvalue weighted by Gasteiger charge is 2.48. The van der Waals surface area contributed by atoms with Gasteiger partial charge in [-0.2, -0.15) is 5.10 Å². The van der Waals surface area contributed by atoms with Crippen LogP contribution in [0.5, 0.6) is 0 Å². The number of nitrogens with one attached hydrogen (secondary N) is 1. The average Bonchev–Trinajstić information content (AvgIpc) is 3.33. The number of rotatable bonds is 3. The van der Waals surface area contributed by atoms with E-state index in [1.54, 1.807) is 35.5 Å². The van der Waals surface area contributed by atoms with Gasteiger partial charge in [0.1, 0.15) is 5.60 Å². The fourth-order valence-electron chi connectivity index (χ4n) is 4.29. The predicted molar refractivity (Wildman–Crippen MR) is 105 cm³/mol. The summed E-state index contributed by atoms with van der Waals surface area (Å²) in [5.74, 6) is -0.443. The van der Waals surface area contributed by atoms with Gasteiger partial charge in [-0.05, 0) is 43.9 Å². The van der Waals surface area contributed by atoms with E-state index in [2.05, 4.69) is 15.4 Å². The Hall–Kier alpha value is -3.48. The molecule has 2 aliphatic rings. The Morgan fingerprint density at radius 2 is 1.93 bits per heavy atom. The molecule has 0 radical (unpaired) electrons. The second kappa shape index (κ2) is 6.84. The summed E-state index contributed by atoms with van der Waals surface area (Å²) in [5.41, 5.74) is 2.42. The first kappa shape index (κ1) is 17.6. The monoisotopic (exact) mass is 388 g/mol. The molecule has 1 aliphatic heterocycles. The Morgan fingerprint density at radius 3 is 2.72 bits per heavy atom. The average molecular weight is 388 g/mol. The van der Waals surface area contributed by atoms with Crippen LogP contribution in [-0.4, -0.2) is 26.6 Å². The summed E-state index contributed by atoms with van der Waals surface area (Å²) in [6.07, 6.45) is 9.33. The van der Waals surface area contributed by atoms with Crippen LogP contribution < -0.4 is 5.32 Å². The summed E-state index contributed by atoms with van der Waals surface area (Å²) >= 11 is 0. The summed E-state index contributed by atoms with van der Waals surface area (Å²) in [6, 6.07) is 11.4. The molecule has 1 fully saturated rings. The van der Waals surface area contributed by atoms with Crippen molar-refractivity contribution >= 4 is 17.6 Å². The van der Waals surface area contributed by atoms with Crippen LogP contribution >= 0.6 is 0 Å². The van der Waals surface area contributed by atoms with Gasteiger partial charge in [0.25, 0.3) is 0 Å². The number of aromatic nitrogens is 3. The smallest absolute Gasteiger partial charge is 0.339 e. The highest BCUT2D eigenvalue weighted by atomic mass is 16.6. The Morgan fingerprint density at radius 1 is 1.14 bits per heavy atom. The zero-order valence-electron chi connectivity index (χ0n) is 15.7. The number of carbonyl (C=O) groups is 2. The zero-order valence-corrected chi connectivity index (χ0v) is 15.7. The maximum Gasteiger partial charge on any atom is 0.339 e. The van der Waals surface area contributed by atoms with E-state index in [4.69, 9.17) is 4.74 Å². The highest BCUT2D eigenvalue weighted by molar-refractivity contribution is 5.95. The number of nitrogens with zero attached hydrogens (tertiary/aromatic N) is 3. The molecule has 1 saturated carbocycles. The molecular weight excluding hydrogens is 368 g/mol. The zero-order chi connectivity index (χ0) is 19.8. The number of amides is 1. The van der Waals surface area contributed by atoms with Gasteiger partial charge in [0.05, 0.1) is 29.3 Å². The molecule has 1 amide bonds. The fourth-order valence-corrected chi connectivity index (χ4v) is 4.29. The number of hydrogen-bond acceptors (Lipinski definition) is 5. The van der Waals surface area contributed by atoms with E-state index in [-0.39, 0.29) is 17.8 Å². The van der Waals surface area contributed by atoms with Gasteiger partial charge in [-0.15, -0.1) is 0 Å². The van der Waals surface area contributed by atoms with Crippen molar-refractivity contribution in [3.63, 3.8) is 0 Å². The Balaban J connectivity index is 1.25. The fraction of sp³-hybridized carbons (Fsp3) is 0.273. The molecule has 146 valence electrons. The van der Waals surface area contributed by atoms with Crippen LogP contribution in [0, 0.1) is 5.92 Å². The molecule has 1 spiro atoms. The third-order valence-corrected chi connectivity index (χ3v) is 5.85. The maximum absolute atomic E-state index is 12.8. The van der Waals surface area contributed by atoms with E-state index < -0.39 is 5.60 Å². The van der Waals surface area contributed by atoms with Crippen molar-refractivity contribution in [1.29, 1.82) is 0 Å². The molecule has 7 heteroatoms. The molecular formula is C22H20N4O3. The summed E-state index contributed by atoms with van der Waals surface area (Å²) in [6.45, 7) is 0. The van der Waals surface area contributed by atoms with E-state index in [1.807, 2.05) is 30.3 Å². The highest BCUT2D eigenvalue weighted by Crippen LogP contribution is 2.47. The summed E-state index contributed by atoms with van der Waals surface area (Å²) < 4.78 is 7.46. The van der Waals surface area contributed by atoms with Crippen molar-refractivity contribution in [3.05, 3.63) is 72.3 Å². The van der Waals surface area contributed by atoms with E-state index in [0.29, 0.717) is 36.9 Å². The summed E-state index contributed by atoms with van der Waals surface area (Å²) in [7, 11) is 0. The quantitative estimate of drug-likeness (QED) is 0.695. The van der Waals surface area contributed by atoms with Crippen LogP contribution in [0.25, 0.3) is 5.69 Å². The third-order valence-electron chi connectivity index (χ3n) is 5.85. The van der Waals surface area contributed by atoms with Crippen LogP contribution in [0.2, 0.25) is 0 Å². The number of anilines is 1. The Labute approximate surface area is 167 Å². The number of benzene rings is 1. The normalized spacial score (nSPS) is 22.9. The Bertz CT molecular complexity index is 1070. The maximum atomic E-state index is 12.8. The lowest BCUT2D eigenvalue weighted by Gasteiger charge is -2.35. The van der Waals surface area contributed by atoms with Gasteiger partial charge >= 0.3 is 5.97 Å². The van der Waals surface area contributed by atoms with Crippen molar-refractivity contribution in [2.75, 3.05) is 5.32 Å². The van der Waals surface area contributed by atoms with Crippen molar-refractivity contribution in [1.82, 2.24) is 14.8 Å². The molecule has 7 nitrogen and oxygen atoms in total. The molecule has 0 unspecified atom stereocenters. The first-order chi connectivity index (χ1) is 14.1. The number of para-hydroxylation sites is 1. The number of pyridine rings is 1. The molecule has 3 aromatic rings. The topological polar surface area (TPSA) is 86.1 Å². The van der Waals surface area contributed by atoms with Crippen LogP contribution in [0.4, 0.5) is 5.69 Å². The van der Waals surface area contributed by atoms with Gasteiger partial charge in [0.2, 0.25) is 5.91 Å². The Kier molecular flexibility index (Phi) is 4.16. The first-order valence-corrected chi connectivity index (χ1v) is 9.73. The van der Waals surface area contributed by atoms with Crippen molar-refractivity contribution < 1.29 is 14.3 Å². The molecule has 29 heavy (non-hydrogen) atoms. The van der Waals surface area contributed by atoms with E-state index >= 15 is 0 Å². The van der Waals surface area contributed by atoms with Crippen LogP contribution in [0.15, 0.2) is 61.2 Å². The number of fused-ring (bicyclic) bond motifs is 2. The summed E-state index contributed by atoms with van der Waals surface area (Å²) in [4.78, 5) is 29.1. The lowest BCUT2D eigenvalue weighted by atomic mass is 9.75. The second-order valence-corrected chi connectivity index (χ2v) is 7.58. The van der Waals surface area contributed by atoms with E-state index in [0.717, 1.165) is 11.3 Å². The van der Waals surface area contributed by atoms with Gasteiger partial charge in [-0.1, -0.05) is 18.2 Å². The second-order valence-electron chi connectivity index (χ2n) is 7.58. The molecule has 1 N–H and O–H groups in total. The van der Waals surface area contributed by atoms with Crippen molar-refractivity contribution in [2.24, 2.45) is 5.92 Å². The van der Waals surface area contributed by atoms with Crippen LogP contribution in [0.1, 0.15) is 41.6 Å². The molecule has 2 aromatic heterocycles. The van der Waals surface area contributed by atoms with Gasteiger partial charge in [-0.25, -0.2) is 9.48 Å². The van der Waals surface area contributed by atoms with Gasteiger partial charge in [0, 0.05) is 23.9 Å². The molecule has 1 aliphatic carbocycles. The number of hydrogen-bond donors (Lipinski definition) is 1. The largest absolute Gasteiger partial charge is 0.450 e. The molecule has 0 saturated heterocycles. The van der Waals surface area contributed by atoms with E-state index in [9.17, 15) is 9.59 Å². The number of esters is 1. The van der Waals surface area contributed by atoms with Gasteiger partial charge in [0.15, 0.2) is 0 Å². The molecule has 1 aromatic carbocycles.